The molecule has 0 fully saturated rings. The Bertz CT molecular complexity index is 359. The lowest BCUT2D eigenvalue weighted by molar-refractivity contribution is -0.121. The van der Waals surface area contributed by atoms with Gasteiger partial charge in [-0.25, -0.2) is 0 Å². The number of carbonyl (C=O) groups is 1. The molecule has 0 aliphatic heterocycles. The van der Waals surface area contributed by atoms with Gasteiger partial charge in [0, 0.05) is 23.9 Å². The van der Waals surface area contributed by atoms with Crippen molar-refractivity contribution in [3.63, 3.8) is 0 Å². The van der Waals surface area contributed by atoms with E-state index in [1.54, 1.807) is 11.3 Å². The number of amides is 1. The number of carbonyl (C=O) groups excluding carboxylic acids is 1. The quantitative estimate of drug-likeness (QED) is 0.800. The molecule has 0 aliphatic carbocycles. The van der Waals surface area contributed by atoms with Gasteiger partial charge >= 0.3 is 0 Å². The molecule has 2 atom stereocenters. The molecule has 7 heteroatoms. The van der Waals surface area contributed by atoms with Crippen molar-refractivity contribution >= 4 is 42.1 Å². The zero-order valence-electron chi connectivity index (χ0n) is 12.2. The summed E-state index contributed by atoms with van der Waals surface area (Å²) in [5.41, 5.74) is 5.64. The molecular weight excluding hydrogens is 317 g/mol. The summed E-state index contributed by atoms with van der Waals surface area (Å²) < 4.78 is 0. The summed E-state index contributed by atoms with van der Waals surface area (Å²) in [6.07, 6.45) is 1.24. The largest absolute Gasteiger partial charge is 0.354 e. The Kier molecular flexibility index (Phi) is 12.5. The average Bonchev–Trinajstić information content (AvgIpc) is 2.79. The average molecular weight is 342 g/mol. The van der Waals surface area contributed by atoms with Gasteiger partial charge in [0.1, 0.15) is 0 Å². The van der Waals surface area contributed by atoms with Gasteiger partial charge in [0.05, 0.1) is 6.04 Å². The van der Waals surface area contributed by atoms with Gasteiger partial charge in [-0.05, 0) is 38.9 Å². The fourth-order valence-electron chi connectivity index (χ4n) is 1.68. The van der Waals surface area contributed by atoms with E-state index in [2.05, 4.69) is 21.7 Å². The second-order valence-corrected chi connectivity index (χ2v) is 5.79. The Balaban J connectivity index is 0. The minimum atomic E-state index is 0. The van der Waals surface area contributed by atoms with Crippen LogP contribution in [0.25, 0.3) is 0 Å². The van der Waals surface area contributed by atoms with Gasteiger partial charge in [-0.1, -0.05) is 6.07 Å². The highest BCUT2D eigenvalue weighted by molar-refractivity contribution is 7.10. The number of hydrogen-bond acceptors (Lipinski definition) is 4. The number of thiophene rings is 1. The van der Waals surface area contributed by atoms with Gasteiger partial charge in [-0.15, -0.1) is 36.2 Å². The Morgan fingerprint density at radius 2 is 2.10 bits per heavy atom. The van der Waals surface area contributed by atoms with Crippen LogP contribution in [0.2, 0.25) is 0 Å². The summed E-state index contributed by atoms with van der Waals surface area (Å²) in [4.78, 5) is 15.1. The predicted molar refractivity (Wildman–Crippen MR) is 91.1 cm³/mol. The van der Waals surface area contributed by atoms with E-state index in [1.807, 2.05) is 27.1 Å². The maximum absolute atomic E-state index is 11.7. The summed E-state index contributed by atoms with van der Waals surface area (Å²) in [6, 6.07) is 4.46. The third-order valence-corrected chi connectivity index (χ3v) is 3.79. The van der Waals surface area contributed by atoms with Gasteiger partial charge in [0.2, 0.25) is 5.91 Å². The van der Waals surface area contributed by atoms with E-state index < -0.39 is 0 Å². The summed E-state index contributed by atoms with van der Waals surface area (Å²) in [6.45, 7) is 2.56. The van der Waals surface area contributed by atoms with Crippen LogP contribution in [0.1, 0.15) is 30.7 Å². The number of rotatable bonds is 7. The van der Waals surface area contributed by atoms with Crippen LogP contribution in [0.3, 0.4) is 0 Å². The number of halogens is 2. The molecule has 118 valence electrons. The smallest absolute Gasteiger partial charge is 0.220 e. The third-order valence-electron chi connectivity index (χ3n) is 2.81. The molecule has 2 unspecified atom stereocenters. The van der Waals surface area contributed by atoms with Gasteiger partial charge in [0.15, 0.2) is 0 Å². The van der Waals surface area contributed by atoms with E-state index in [9.17, 15) is 4.79 Å². The molecule has 1 aromatic rings. The number of nitrogens with one attached hydrogen (secondary N) is 1. The maximum atomic E-state index is 11.7. The second-order valence-electron chi connectivity index (χ2n) is 4.81. The first kappa shape index (κ1) is 22.0. The van der Waals surface area contributed by atoms with E-state index in [0.717, 1.165) is 6.42 Å². The second kappa shape index (κ2) is 11.3. The Hall–Kier alpha value is -0.330. The third kappa shape index (κ3) is 8.07. The molecular formula is C13H25Cl2N3OS. The number of nitrogens with zero attached hydrogens (tertiary/aromatic N) is 1. The van der Waals surface area contributed by atoms with Crippen LogP contribution < -0.4 is 11.1 Å². The van der Waals surface area contributed by atoms with E-state index in [0.29, 0.717) is 13.0 Å². The molecule has 1 rings (SSSR count). The summed E-state index contributed by atoms with van der Waals surface area (Å²) in [5.74, 6) is 0.0794. The van der Waals surface area contributed by atoms with Crippen LogP contribution >= 0.6 is 36.2 Å². The molecule has 0 spiro atoms. The van der Waals surface area contributed by atoms with Crippen LogP contribution in [-0.2, 0) is 4.79 Å². The van der Waals surface area contributed by atoms with Crippen LogP contribution in [0.5, 0.6) is 0 Å². The Morgan fingerprint density at radius 3 is 2.55 bits per heavy atom. The van der Waals surface area contributed by atoms with E-state index in [1.165, 1.54) is 4.88 Å². The van der Waals surface area contributed by atoms with Crippen molar-refractivity contribution in [3.05, 3.63) is 22.4 Å². The van der Waals surface area contributed by atoms with Crippen molar-refractivity contribution < 1.29 is 4.79 Å². The minimum Gasteiger partial charge on any atom is -0.354 e. The lowest BCUT2D eigenvalue weighted by Crippen LogP contribution is -2.34. The Morgan fingerprint density at radius 1 is 1.45 bits per heavy atom. The van der Waals surface area contributed by atoms with E-state index >= 15 is 0 Å². The summed E-state index contributed by atoms with van der Waals surface area (Å²) >= 11 is 1.72. The number of likely N-dealkylation sites (N-methyl/N-ethyl adjacent to an activating group) is 1. The number of nitrogens with two attached hydrogens (primary N) is 1. The molecule has 0 saturated heterocycles. The Labute approximate surface area is 137 Å². The van der Waals surface area contributed by atoms with Crippen LogP contribution in [0.15, 0.2) is 17.5 Å². The monoisotopic (exact) mass is 341 g/mol. The first-order valence-electron chi connectivity index (χ1n) is 6.22. The topological polar surface area (TPSA) is 58.4 Å². The zero-order valence-corrected chi connectivity index (χ0v) is 14.6. The molecule has 1 amide bonds. The highest BCUT2D eigenvalue weighted by atomic mass is 35.5. The minimum absolute atomic E-state index is 0. The van der Waals surface area contributed by atoms with Gasteiger partial charge in [0.25, 0.3) is 0 Å². The van der Waals surface area contributed by atoms with Gasteiger partial charge in [-0.2, -0.15) is 0 Å². The highest BCUT2D eigenvalue weighted by Gasteiger charge is 2.16. The van der Waals surface area contributed by atoms with Crippen LogP contribution in [0.4, 0.5) is 0 Å². The SMILES string of the molecule is CC(N)CCC(=O)NCC(c1cccs1)N(C)C.Cl.Cl. The molecule has 1 heterocycles. The van der Waals surface area contributed by atoms with Gasteiger partial charge in [-0.3, -0.25) is 4.79 Å². The lowest BCUT2D eigenvalue weighted by Gasteiger charge is -2.23. The highest BCUT2D eigenvalue weighted by Crippen LogP contribution is 2.22. The molecule has 20 heavy (non-hydrogen) atoms. The fraction of sp³-hybridized carbons (Fsp3) is 0.615. The predicted octanol–water partition coefficient (Wildman–Crippen LogP) is 2.44. The molecule has 0 aromatic carbocycles. The first-order chi connectivity index (χ1) is 8.50. The molecule has 3 N–H and O–H groups in total. The van der Waals surface area contributed by atoms with Crippen molar-refractivity contribution in [2.75, 3.05) is 20.6 Å². The van der Waals surface area contributed by atoms with Crippen LogP contribution in [-0.4, -0.2) is 37.5 Å². The molecule has 0 bridgehead atoms. The van der Waals surface area contributed by atoms with Gasteiger partial charge < -0.3 is 16.0 Å². The fourth-order valence-corrected chi connectivity index (χ4v) is 2.60. The molecule has 0 aliphatic rings. The van der Waals surface area contributed by atoms with Crippen molar-refractivity contribution in [2.24, 2.45) is 5.73 Å². The van der Waals surface area contributed by atoms with Crippen molar-refractivity contribution in [1.29, 1.82) is 0 Å². The maximum Gasteiger partial charge on any atom is 0.220 e. The van der Waals surface area contributed by atoms with Crippen molar-refractivity contribution in [1.82, 2.24) is 10.2 Å². The first-order valence-corrected chi connectivity index (χ1v) is 7.10. The van der Waals surface area contributed by atoms with Crippen molar-refractivity contribution in [2.45, 2.75) is 31.8 Å². The van der Waals surface area contributed by atoms with E-state index in [-0.39, 0.29) is 42.8 Å². The number of hydrogen-bond donors (Lipinski definition) is 2. The molecule has 4 nitrogen and oxygen atoms in total. The van der Waals surface area contributed by atoms with Crippen molar-refractivity contribution in [3.8, 4) is 0 Å². The summed E-state index contributed by atoms with van der Waals surface area (Å²) in [7, 11) is 4.05. The lowest BCUT2D eigenvalue weighted by atomic mass is 10.2. The normalized spacial score (nSPS) is 13.1. The molecule has 0 saturated carbocycles. The van der Waals surface area contributed by atoms with Crippen LogP contribution in [0, 0.1) is 0 Å². The molecule has 0 radical (unpaired) electrons. The van der Waals surface area contributed by atoms with E-state index in [4.69, 9.17) is 5.73 Å². The zero-order chi connectivity index (χ0) is 13.5. The standard InChI is InChI=1S/C13H23N3OS.2ClH/c1-10(14)6-7-13(17)15-9-11(16(2)3)12-5-4-8-18-12;;/h4-5,8,10-11H,6-7,9,14H2,1-3H3,(H,15,17);2*1H. The molecule has 1 aromatic heterocycles. The summed E-state index contributed by atoms with van der Waals surface area (Å²) in [5, 5.41) is 5.04.